The molecule has 0 aliphatic carbocycles. The van der Waals surface area contributed by atoms with Gasteiger partial charge in [-0.15, -0.1) is 0 Å². The number of carbonyl (C=O) groups excluding carboxylic acids is 2. The molecular formula is C18H13ClN2O5. The van der Waals surface area contributed by atoms with Crippen LogP contribution in [0.3, 0.4) is 0 Å². The third kappa shape index (κ3) is 3.68. The summed E-state index contributed by atoms with van der Waals surface area (Å²) in [5, 5.41) is 0.922. The molecule has 0 aliphatic rings. The highest BCUT2D eigenvalue weighted by Crippen LogP contribution is 2.20. The Balaban J connectivity index is 1.78. The molecule has 0 spiro atoms. The smallest absolute Gasteiger partial charge is 0.349 e. The summed E-state index contributed by atoms with van der Waals surface area (Å²) in [5.74, 6) is -0.853. The second kappa shape index (κ2) is 7.28. The van der Waals surface area contributed by atoms with E-state index in [1.165, 1.54) is 25.3 Å². The number of rotatable bonds is 3. The number of hydrogen-bond acceptors (Lipinski definition) is 5. The maximum Gasteiger partial charge on any atom is 0.349 e. The first kappa shape index (κ1) is 17.5. The van der Waals surface area contributed by atoms with Crippen molar-refractivity contribution in [1.82, 2.24) is 10.9 Å². The zero-order chi connectivity index (χ0) is 18.7. The monoisotopic (exact) mass is 372 g/mol. The fourth-order valence-electron chi connectivity index (χ4n) is 2.26. The third-order valence-electron chi connectivity index (χ3n) is 3.56. The highest BCUT2D eigenvalue weighted by molar-refractivity contribution is 6.31. The molecule has 0 bridgehead atoms. The Labute approximate surface area is 152 Å². The first-order valence-corrected chi connectivity index (χ1v) is 7.84. The van der Waals surface area contributed by atoms with Crippen LogP contribution >= 0.6 is 11.6 Å². The lowest BCUT2D eigenvalue weighted by atomic mass is 10.1. The molecule has 0 saturated carbocycles. The Bertz CT molecular complexity index is 1060. The Morgan fingerprint density at radius 2 is 1.81 bits per heavy atom. The highest BCUT2D eigenvalue weighted by Gasteiger charge is 2.15. The summed E-state index contributed by atoms with van der Waals surface area (Å²) in [5.41, 5.74) is 3.87. The van der Waals surface area contributed by atoms with Gasteiger partial charge in [-0.25, -0.2) is 4.79 Å². The third-order valence-corrected chi connectivity index (χ3v) is 3.80. The van der Waals surface area contributed by atoms with E-state index in [0.717, 1.165) is 0 Å². The average molecular weight is 373 g/mol. The predicted octanol–water partition coefficient (Wildman–Crippen LogP) is 2.53. The Hall–Kier alpha value is -3.32. The summed E-state index contributed by atoms with van der Waals surface area (Å²) in [6, 6.07) is 12.4. The summed E-state index contributed by atoms with van der Waals surface area (Å²) in [6.45, 7) is 0. The van der Waals surface area contributed by atoms with E-state index in [4.69, 9.17) is 20.8 Å². The lowest BCUT2D eigenvalue weighted by molar-refractivity contribution is 0.0844. The Morgan fingerprint density at radius 3 is 2.54 bits per heavy atom. The molecule has 1 aromatic heterocycles. The zero-order valence-electron chi connectivity index (χ0n) is 13.5. The minimum absolute atomic E-state index is 0.242. The van der Waals surface area contributed by atoms with Crippen molar-refractivity contribution >= 4 is 34.4 Å². The molecule has 2 aromatic carbocycles. The Morgan fingerprint density at radius 1 is 1.04 bits per heavy atom. The number of methoxy groups -OCH3 is 1. The van der Waals surface area contributed by atoms with Gasteiger partial charge in [0.1, 0.15) is 16.9 Å². The first-order valence-electron chi connectivity index (χ1n) is 7.46. The molecule has 0 atom stereocenters. The molecule has 0 unspecified atom stereocenters. The number of carbonyl (C=O) groups is 2. The minimum atomic E-state index is -0.833. The van der Waals surface area contributed by atoms with E-state index in [1.807, 2.05) is 0 Å². The van der Waals surface area contributed by atoms with Crippen LogP contribution in [0.5, 0.6) is 5.75 Å². The number of hydrazine groups is 1. The van der Waals surface area contributed by atoms with Gasteiger partial charge in [-0.1, -0.05) is 17.7 Å². The van der Waals surface area contributed by atoms with Crippen LogP contribution in [-0.2, 0) is 0 Å². The van der Waals surface area contributed by atoms with Crippen molar-refractivity contribution in [2.45, 2.75) is 0 Å². The van der Waals surface area contributed by atoms with E-state index in [0.29, 0.717) is 16.2 Å². The molecule has 0 saturated heterocycles. The van der Waals surface area contributed by atoms with E-state index >= 15 is 0 Å². The van der Waals surface area contributed by atoms with E-state index in [1.54, 1.807) is 30.3 Å². The molecule has 0 aliphatic heterocycles. The van der Waals surface area contributed by atoms with Crippen molar-refractivity contribution in [3.63, 3.8) is 0 Å². The number of fused-ring (bicyclic) bond motifs is 1. The van der Waals surface area contributed by atoms with Gasteiger partial charge in [0.15, 0.2) is 0 Å². The topological polar surface area (TPSA) is 97.6 Å². The largest absolute Gasteiger partial charge is 0.497 e. The number of nitrogens with one attached hydrogen (secondary N) is 2. The normalized spacial score (nSPS) is 10.4. The highest BCUT2D eigenvalue weighted by atomic mass is 35.5. The molecule has 0 fully saturated rings. The fraction of sp³-hybridized carbons (Fsp3) is 0.0556. The van der Waals surface area contributed by atoms with Gasteiger partial charge in [0.2, 0.25) is 0 Å². The fourth-order valence-corrected chi connectivity index (χ4v) is 2.45. The number of benzene rings is 2. The van der Waals surface area contributed by atoms with Crippen molar-refractivity contribution in [3.05, 3.63) is 75.1 Å². The summed E-state index contributed by atoms with van der Waals surface area (Å²) >= 11 is 5.82. The molecule has 132 valence electrons. The quantitative estimate of drug-likeness (QED) is 0.544. The van der Waals surface area contributed by atoms with Crippen molar-refractivity contribution in [3.8, 4) is 5.75 Å². The van der Waals surface area contributed by atoms with Crippen LogP contribution in [0.4, 0.5) is 0 Å². The van der Waals surface area contributed by atoms with Crippen LogP contribution < -0.4 is 21.2 Å². The van der Waals surface area contributed by atoms with Gasteiger partial charge in [0, 0.05) is 22.0 Å². The summed E-state index contributed by atoms with van der Waals surface area (Å²) in [4.78, 5) is 36.2. The summed E-state index contributed by atoms with van der Waals surface area (Å²) in [7, 11) is 1.49. The summed E-state index contributed by atoms with van der Waals surface area (Å²) in [6.07, 6.45) is 0. The van der Waals surface area contributed by atoms with E-state index in [-0.39, 0.29) is 16.7 Å². The number of ether oxygens (including phenoxy) is 1. The van der Waals surface area contributed by atoms with Crippen molar-refractivity contribution < 1.29 is 18.7 Å². The van der Waals surface area contributed by atoms with Crippen molar-refractivity contribution in [2.75, 3.05) is 7.11 Å². The molecule has 0 radical (unpaired) electrons. The van der Waals surface area contributed by atoms with E-state index < -0.39 is 17.4 Å². The van der Waals surface area contributed by atoms with Crippen molar-refractivity contribution in [1.29, 1.82) is 0 Å². The minimum Gasteiger partial charge on any atom is -0.497 e. The second-order valence-corrected chi connectivity index (χ2v) is 5.71. The number of halogens is 1. The molecule has 3 rings (SSSR count). The maximum absolute atomic E-state index is 12.2. The standard InChI is InChI=1S/C18H13ClN2O5/c1-25-13-6-5-10-8-14(18(24)26-15(10)9-13)17(23)21-20-16(22)11-3-2-4-12(19)7-11/h2-9H,1H3,(H,20,22)(H,21,23). The van der Waals surface area contributed by atoms with Crippen LogP contribution in [0.2, 0.25) is 5.02 Å². The maximum atomic E-state index is 12.2. The second-order valence-electron chi connectivity index (χ2n) is 5.27. The summed E-state index contributed by atoms with van der Waals surface area (Å²) < 4.78 is 10.2. The predicted molar refractivity (Wildman–Crippen MR) is 95.4 cm³/mol. The molecule has 1 heterocycles. The number of hydrogen-bond donors (Lipinski definition) is 2. The van der Waals surface area contributed by atoms with Crippen LogP contribution in [-0.4, -0.2) is 18.9 Å². The average Bonchev–Trinajstić information content (AvgIpc) is 2.64. The molecule has 26 heavy (non-hydrogen) atoms. The molecule has 7 nitrogen and oxygen atoms in total. The first-order chi connectivity index (χ1) is 12.5. The van der Waals surface area contributed by atoms with Crippen LogP contribution in [0, 0.1) is 0 Å². The van der Waals surface area contributed by atoms with Gasteiger partial charge in [0.25, 0.3) is 11.8 Å². The molecule has 3 aromatic rings. The number of amides is 2. The van der Waals surface area contributed by atoms with Gasteiger partial charge >= 0.3 is 5.63 Å². The SMILES string of the molecule is COc1ccc2cc(C(=O)NNC(=O)c3cccc(Cl)c3)c(=O)oc2c1. The van der Waals surface area contributed by atoms with Gasteiger partial charge < -0.3 is 9.15 Å². The van der Waals surface area contributed by atoms with E-state index in [9.17, 15) is 14.4 Å². The van der Waals surface area contributed by atoms with E-state index in [2.05, 4.69) is 10.9 Å². The van der Waals surface area contributed by atoms with Crippen LogP contribution in [0.15, 0.2) is 57.7 Å². The molecule has 2 amide bonds. The Kier molecular flexibility index (Phi) is 4.90. The van der Waals surface area contributed by atoms with Gasteiger partial charge in [-0.3, -0.25) is 20.4 Å². The van der Waals surface area contributed by atoms with Gasteiger partial charge in [-0.05, 0) is 36.4 Å². The lowest BCUT2D eigenvalue weighted by Crippen LogP contribution is -2.43. The van der Waals surface area contributed by atoms with Gasteiger partial charge in [-0.2, -0.15) is 0 Å². The van der Waals surface area contributed by atoms with Crippen LogP contribution in [0.1, 0.15) is 20.7 Å². The molecule has 8 heteroatoms. The lowest BCUT2D eigenvalue weighted by Gasteiger charge is -2.08. The zero-order valence-corrected chi connectivity index (χ0v) is 14.3. The molecular weight excluding hydrogens is 360 g/mol. The van der Waals surface area contributed by atoms with Gasteiger partial charge in [0.05, 0.1) is 7.11 Å². The van der Waals surface area contributed by atoms with Crippen molar-refractivity contribution in [2.24, 2.45) is 0 Å². The van der Waals surface area contributed by atoms with Crippen LogP contribution in [0.25, 0.3) is 11.0 Å². The molecule has 2 N–H and O–H groups in total.